The number of methoxy groups -OCH3 is 1. The highest BCUT2D eigenvalue weighted by molar-refractivity contribution is 7.89. The summed E-state index contributed by atoms with van der Waals surface area (Å²) in [6.45, 7) is 0.758. The summed E-state index contributed by atoms with van der Waals surface area (Å²) in [5.74, 6) is -0.298. The van der Waals surface area contributed by atoms with Gasteiger partial charge in [0.05, 0.1) is 24.1 Å². The average Bonchev–Trinajstić information content (AvgIpc) is 2.67. The van der Waals surface area contributed by atoms with Crippen LogP contribution in [0.25, 0.3) is 0 Å². The minimum Gasteiger partial charge on any atom is -0.497 e. The Labute approximate surface area is 155 Å². The van der Waals surface area contributed by atoms with Crippen molar-refractivity contribution >= 4 is 15.7 Å². The van der Waals surface area contributed by atoms with E-state index in [1.54, 1.807) is 6.07 Å². The maximum Gasteiger partial charge on any atom is 0.293 e. The molecule has 0 radical (unpaired) electrons. The van der Waals surface area contributed by atoms with Gasteiger partial charge in [-0.15, -0.1) is 0 Å². The number of rotatable bonds is 5. The molecular weight excluding hydrogens is 377 g/mol. The van der Waals surface area contributed by atoms with Crippen molar-refractivity contribution in [3.8, 4) is 5.75 Å². The Morgan fingerprint density at radius 2 is 2.07 bits per heavy atom. The van der Waals surface area contributed by atoms with Crippen molar-refractivity contribution in [1.29, 1.82) is 0 Å². The van der Waals surface area contributed by atoms with Crippen molar-refractivity contribution in [2.45, 2.75) is 10.9 Å². The Hall–Kier alpha value is -2.56. The molecule has 0 bridgehead atoms. The van der Waals surface area contributed by atoms with E-state index in [0.717, 1.165) is 12.1 Å². The molecule has 1 N–H and O–H groups in total. The predicted octanol–water partition coefficient (Wildman–Crippen LogP) is 2.08. The third-order valence-corrected chi connectivity index (χ3v) is 6.33. The van der Waals surface area contributed by atoms with Crippen molar-refractivity contribution in [3.05, 3.63) is 64.0 Å². The molecule has 1 unspecified atom stereocenters. The van der Waals surface area contributed by atoms with Gasteiger partial charge in [0.25, 0.3) is 15.7 Å². The molecule has 3 rings (SSSR count). The fraction of sp³-hybridized carbons (Fsp3) is 0.294. The van der Waals surface area contributed by atoms with E-state index in [1.807, 2.05) is 0 Å². The molecule has 0 aromatic heterocycles. The van der Waals surface area contributed by atoms with Gasteiger partial charge in [0, 0.05) is 19.6 Å². The van der Waals surface area contributed by atoms with Gasteiger partial charge in [-0.3, -0.25) is 10.1 Å². The van der Waals surface area contributed by atoms with Crippen LogP contribution in [0.3, 0.4) is 0 Å². The summed E-state index contributed by atoms with van der Waals surface area (Å²) in [4.78, 5) is 10.2. The monoisotopic (exact) mass is 395 g/mol. The first kappa shape index (κ1) is 19.2. The van der Waals surface area contributed by atoms with Crippen LogP contribution in [0.2, 0.25) is 0 Å². The van der Waals surface area contributed by atoms with E-state index in [0.29, 0.717) is 12.1 Å². The fourth-order valence-corrected chi connectivity index (χ4v) is 4.84. The van der Waals surface area contributed by atoms with E-state index in [4.69, 9.17) is 4.74 Å². The van der Waals surface area contributed by atoms with Crippen molar-refractivity contribution < 1.29 is 22.5 Å². The van der Waals surface area contributed by atoms with E-state index < -0.39 is 37.4 Å². The van der Waals surface area contributed by atoms with Gasteiger partial charge in [0.1, 0.15) is 11.6 Å². The molecule has 144 valence electrons. The number of nitro groups is 1. The number of nitrogens with zero attached hydrogens (tertiary/aromatic N) is 2. The first-order chi connectivity index (χ1) is 12.8. The molecule has 27 heavy (non-hydrogen) atoms. The number of hydrogen-bond donors (Lipinski definition) is 1. The summed E-state index contributed by atoms with van der Waals surface area (Å²) in [6, 6.07) is 8.59. The Bertz CT molecular complexity index is 967. The zero-order chi connectivity index (χ0) is 19.6. The van der Waals surface area contributed by atoms with Crippen molar-refractivity contribution in [1.82, 2.24) is 9.62 Å². The second-order valence-electron chi connectivity index (χ2n) is 5.98. The summed E-state index contributed by atoms with van der Waals surface area (Å²) in [7, 11) is -2.86. The first-order valence-corrected chi connectivity index (χ1v) is 9.59. The number of nitrogens with one attached hydrogen (secondary N) is 1. The van der Waals surface area contributed by atoms with Crippen molar-refractivity contribution in [3.63, 3.8) is 0 Å². The number of halogens is 1. The van der Waals surface area contributed by atoms with Gasteiger partial charge in [-0.25, -0.2) is 12.8 Å². The zero-order valence-electron chi connectivity index (χ0n) is 14.5. The number of benzene rings is 2. The highest BCUT2D eigenvalue weighted by atomic mass is 32.2. The summed E-state index contributed by atoms with van der Waals surface area (Å²) in [5.41, 5.74) is -0.0900. The van der Waals surface area contributed by atoms with Gasteiger partial charge < -0.3 is 10.1 Å². The molecule has 1 fully saturated rings. The highest BCUT2D eigenvalue weighted by Crippen LogP contribution is 2.35. The highest BCUT2D eigenvalue weighted by Gasteiger charge is 2.38. The Morgan fingerprint density at radius 3 is 2.74 bits per heavy atom. The second-order valence-corrected chi connectivity index (χ2v) is 7.84. The largest absolute Gasteiger partial charge is 0.497 e. The molecule has 1 atom stereocenters. The van der Waals surface area contributed by atoms with Crippen molar-refractivity contribution in [2.75, 3.05) is 26.7 Å². The van der Waals surface area contributed by atoms with E-state index in [1.165, 1.54) is 35.7 Å². The van der Waals surface area contributed by atoms with Gasteiger partial charge in [-0.2, -0.15) is 4.31 Å². The minimum absolute atomic E-state index is 0.104. The van der Waals surface area contributed by atoms with Gasteiger partial charge in [-0.1, -0.05) is 12.1 Å². The lowest BCUT2D eigenvalue weighted by Gasteiger charge is -2.35. The molecule has 10 heteroatoms. The Morgan fingerprint density at radius 1 is 1.30 bits per heavy atom. The van der Waals surface area contributed by atoms with Crippen LogP contribution >= 0.6 is 0 Å². The molecule has 8 nitrogen and oxygen atoms in total. The van der Waals surface area contributed by atoms with Crippen LogP contribution in [0.5, 0.6) is 5.75 Å². The van der Waals surface area contributed by atoms with Gasteiger partial charge in [0.2, 0.25) is 0 Å². The second kappa shape index (κ2) is 7.59. The minimum atomic E-state index is -4.20. The molecule has 2 aromatic rings. The third kappa shape index (κ3) is 3.77. The molecule has 0 amide bonds. The number of hydrogen-bond acceptors (Lipinski definition) is 6. The summed E-state index contributed by atoms with van der Waals surface area (Å²) >= 11 is 0. The summed E-state index contributed by atoms with van der Waals surface area (Å²) in [5, 5.41) is 14.5. The number of nitro benzene ring substituents is 1. The van der Waals surface area contributed by atoms with Gasteiger partial charge in [-0.05, 0) is 29.8 Å². The zero-order valence-corrected chi connectivity index (χ0v) is 15.3. The molecule has 0 spiro atoms. The van der Waals surface area contributed by atoms with Crippen LogP contribution in [0.1, 0.15) is 11.6 Å². The molecule has 1 aliphatic rings. The van der Waals surface area contributed by atoms with Gasteiger partial charge in [0.15, 0.2) is 4.90 Å². The van der Waals surface area contributed by atoms with Crippen LogP contribution in [0.4, 0.5) is 10.1 Å². The summed E-state index contributed by atoms with van der Waals surface area (Å²) < 4.78 is 46.2. The SMILES string of the molecule is COc1ccc(S(=O)(=O)N2CCNCC2c2cccc(F)c2)c([N+](=O)[O-])c1. The van der Waals surface area contributed by atoms with Crippen LogP contribution in [-0.2, 0) is 10.0 Å². The molecule has 1 aliphatic heterocycles. The lowest BCUT2D eigenvalue weighted by molar-refractivity contribution is -0.387. The Kier molecular flexibility index (Phi) is 5.40. The van der Waals surface area contributed by atoms with Crippen LogP contribution in [-0.4, -0.2) is 44.4 Å². The van der Waals surface area contributed by atoms with E-state index in [2.05, 4.69) is 5.32 Å². The van der Waals surface area contributed by atoms with Crippen LogP contribution in [0, 0.1) is 15.9 Å². The predicted molar refractivity (Wildman–Crippen MR) is 95.6 cm³/mol. The first-order valence-electron chi connectivity index (χ1n) is 8.15. The maximum absolute atomic E-state index is 13.6. The van der Waals surface area contributed by atoms with E-state index >= 15 is 0 Å². The number of piperazine rings is 1. The normalized spacial score (nSPS) is 18.2. The maximum atomic E-state index is 13.6. The van der Waals surface area contributed by atoms with E-state index in [-0.39, 0.29) is 18.8 Å². The summed E-state index contributed by atoms with van der Waals surface area (Å²) in [6.07, 6.45) is 0. The lowest BCUT2D eigenvalue weighted by Crippen LogP contribution is -2.48. The topological polar surface area (TPSA) is 102 Å². The molecule has 1 heterocycles. The number of ether oxygens (including phenoxy) is 1. The lowest BCUT2D eigenvalue weighted by atomic mass is 10.1. The van der Waals surface area contributed by atoms with E-state index in [9.17, 15) is 22.9 Å². The standard InChI is InChI=1S/C17H18FN3O5S/c1-26-14-5-6-17(15(10-14)21(22)23)27(24,25)20-8-7-19-11-16(20)12-3-2-4-13(18)9-12/h2-6,9-10,16,19H,7-8,11H2,1H3. The fourth-order valence-electron chi connectivity index (χ4n) is 3.08. The van der Waals surface area contributed by atoms with Crippen LogP contribution in [0.15, 0.2) is 47.4 Å². The smallest absolute Gasteiger partial charge is 0.293 e. The average molecular weight is 395 g/mol. The quantitative estimate of drug-likeness (QED) is 0.614. The van der Waals surface area contributed by atoms with Crippen LogP contribution < -0.4 is 10.1 Å². The molecule has 2 aromatic carbocycles. The molecule has 0 saturated carbocycles. The van der Waals surface area contributed by atoms with Crippen molar-refractivity contribution in [2.24, 2.45) is 0 Å². The molecular formula is C17H18FN3O5S. The molecule has 1 saturated heterocycles. The number of sulfonamides is 1. The Balaban J connectivity index is 2.08. The molecule has 0 aliphatic carbocycles. The third-order valence-electron chi connectivity index (χ3n) is 4.38. The van der Waals surface area contributed by atoms with Gasteiger partial charge >= 0.3 is 0 Å².